The molecule has 12 N–H and O–H groups in total. The summed E-state index contributed by atoms with van der Waals surface area (Å²) < 4.78 is 0. The third-order valence-electron chi connectivity index (χ3n) is 4.71. The van der Waals surface area contributed by atoms with E-state index in [0.29, 0.717) is 6.42 Å². The van der Waals surface area contributed by atoms with E-state index in [4.69, 9.17) is 22.9 Å². The van der Waals surface area contributed by atoms with Crippen molar-refractivity contribution in [1.82, 2.24) is 16.0 Å². The Labute approximate surface area is 202 Å². The van der Waals surface area contributed by atoms with Crippen molar-refractivity contribution in [3.63, 3.8) is 0 Å². The largest absolute Gasteiger partial charge is 0.480 e. The Balaban J connectivity index is 5.59. The van der Waals surface area contributed by atoms with Crippen LogP contribution in [0.25, 0.3) is 0 Å². The van der Waals surface area contributed by atoms with Crippen LogP contribution in [0.2, 0.25) is 0 Å². The van der Waals surface area contributed by atoms with Gasteiger partial charge in [0.2, 0.25) is 35.4 Å². The molecule has 0 aliphatic heterocycles. The Morgan fingerprint density at radius 1 is 0.686 bits per heavy atom. The molecule has 0 saturated heterocycles. The van der Waals surface area contributed by atoms with E-state index in [1.807, 2.05) is 13.8 Å². The third kappa shape index (κ3) is 13.5. The predicted molar refractivity (Wildman–Crippen MR) is 122 cm³/mol. The smallest absolute Gasteiger partial charge is 0.326 e. The molecule has 198 valence electrons. The van der Waals surface area contributed by atoms with Crippen LogP contribution in [-0.2, 0) is 33.6 Å². The lowest BCUT2D eigenvalue weighted by atomic mass is 10.0. The molecule has 0 aliphatic carbocycles. The molecular weight excluding hydrogens is 466 g/mol. The van der Waals surface area contributed by atoms with Crippen LogP contribution in [0.5, 0.6) is 0 Å². The summed E-state index contributed by atoms with van der Waals surface area (Å²) in [5.74, 6) is -6.66. The zero-order chi connectivity index (χ0) is 27.3. The van der Waals surface area contributed by atoms with Crippen molar-refractivity contribution < 1.29 is 38.7 Å². The number of carboxylic acid groups (broad SMARTS) is 1. The summed E-state index contributed by atoms with van der Waals surface area (Å²) in [7, 11) is 0. The van der Waals surface area contributed by atoms with Gasteiger partial charge < -0.3 is 44.0 Å². The third-order valence-corrected chi connectivity index (χ3v) is 4.71. The molecule has 4 unspecified atom stereocenters. The molecule has 0 aliphatic rings. The maximum atomic E-state index is 12.8. The minimum atomic E-state index is -1.62. The summed E-state index contributed by atoms with van der Waals surface area (Å²) in [5, 5.41) is 16.0. The fourth-order valence-corrected chi connectivity index (χ4v) is 2.95. The number of hydrogen-bond donors (Lipinski definition) is 8. The van der Waals surface area contributed by atoms with Crippen LogP contribution in [0, 0.1) is 5.92 Å². The number of carboxylic acids is 1. The second-order valence-corrected chi connectivity index (χ2v) is 8.44. The zero-order valence-electron chi connectivity index (χ0n) is 19.7. The number of primary amides is 3. The summed E-state index contributed by atoms with van der Waals surface area (Å²) in [6.07, 6.45) is -1.60. The van der Waals surface area contributed by atoms with Gasteiger partial charge in [0.1, 0.15) is 18.1 Å². The second kappa shape index (κ2) is 15.2. The summed E-state index contributed by atoms with van der Waals surface area (Å²) >= 11 is 0. The highest BCUT2D eigenvalue weighted by Crippen LogP contribution is 2.06. The van der Waals surface area contributed by atoms with E-state index in [0.717, 1.165) is 0 Å². The average molecular weight is 502 g/mol. The van der Waals surface area contributed by atoms with E-state index >= 15 is 0 Å². The summed E-state index contributed by atoms with van der Waals surface area (Å²) in [4.78, 5) is 82.8. The highest BCUT2D eigenvalue weighted by Gasteiger charge is 2.31. The number of nitrogens with two attached hydrogens (primary N) is 4. The number of carbonyl (C=O) groups excluding carboxylic acids is 6. The second-order valence-electron chi connectivity index (χ2n) is 8.44. The van der Waals surface area contributed by atoms with E-state index in [2.05, 4.69) is 16.0 Å². The molecule has 15 heteroatoms. The van der Waals surface area contributed by atoms with Gasteiger partial charge in [-0.1, -0.05) is 13.8 Å². The van der Waals surface area contributed by atoms with Gasteiger partial charge in [-0.3, -0.25) is 28.8 Å². The van der Waals surface area contributed by atoms with E-state index in [9.17, 15) is 38.7 Å². The Bertz CT molecular complexity index is 817. The lowest BCUT2D eigenvalue weighted by molar-refractivity contribution is -0.142. The quantitative estimate of drug-likeness (QED) is 0.0971. The molecule has 4 atom stereocenters. The van der Waals surface area contributed by atoms with Gasteiger partial charge >= 0.3 is 5.97 Å². The molecule has 0 fully saturated rings. The van der Waals surface area contributed by atoms with Crippen LogP contribution < -0.4 is 38.9 Å². The molecule has 0 aromatic heterocycles. The van der Waals surface area contributed by atoms with Crippen molar-refractivity contribution in [2.24, 2.45) is 28.9 Å². The van der Waals surface area contributed by atoms with Crippen LogP contribution in [0.4, 0.5) is 0 Å². The van der Waals surface area contributed by atoms with Crippen molar-refractivity contribution >= 4 is 41.4 Å². The van der Waals surface area contributed by atoms with Gasteiger partial charge in [0.25, 0.3) is 0 Å². The molecule has 6 amide bonds. The van der Waals surface area contributed by atoms with Gasteiger partial charge in [-0.25, -0.2) is 4.79 Å². The number of aliphatic carboxylic acids is 1. The predicted octanol–water partition coefficient (Wildman–Crippen LogP) is -3.69. The van der Waals surface area contributed by atoms with Crippen LogP contribution in [0.3, 0.4) is 0 Å². The monoisotopic (exact) mass is 501 g/mol. The zero-order valence-corrected chi connectivity index (χ0v) is 19.7. The first-order valence-electron chi connectivity index (χ1n) is 10.9. The fourth-order valence-electron chi connectivity index (χ4n) is 2.95. The van der Waals surface area contributed by atoms with Crippen molar-refractivity contribution in [2.45, 2.75) is 76.5 Å². The maximum absolute atomic E-state index is 12.8. The summed E-state index contributed by atoms with van der Waals surface area (Å²) in [6, 6.07) is -5.46. The number of rotatable bonds is 17. The number of nitrogens with one attached hydrogen (secondary N) is 3. The van der Waals surface area contributed by atoms with Crippen LogP contribution in [-0.4, -0.2) is 70.7 Å². The molecule has 0 radical (unpaired) electrons. The van der Waals surface area contributed by atoms with Gasteiger partial charge in [0, 0.05) is 12.8 Å². The molecule has 0 heterocycles. The molecule has 0 aromatic rings. The van der Waals surface area contributed by atoms with Gasteiger partial charge in [-0.15, -0.1) is 0 Å². The van der Waals surface area contributed by atoms with E-state index in [1.54, 1.807) is 0 Å². The minimum absolute atomic E-state index is 0.0778. The summed E-state index contributed by atoms with van der Waals surface area (Å²) in [6.45, 7) is 3.68. The maximum Gasteiger partial charge on any atom is 0.326 e. The van der Waals surface area contributed by atoms with Crippen molar-refractivity contribution in [1.29, 1.82) is 0 Å². The Hall–Kier alpha value is -3.75. The van der Waals surface area contributed by atoms with E-state index in [1.165, 1.54) is 0 Å². The van der Waals surface area contributed by atoms with Crippen molar-refractivity contribution in [3.8, 4) is 0 Å². The fraction of sp³-hybridized carbons (Fsp3) is 0.650. The standard InChI is InChI=1S/C20H35N7O8/c1-9(2)7-10(21)17(31)25-11(3-5-14(22)28)18(32)27-13(8-16(24)30)19(33)26-12(20(34)35)4-6-15(23)29/h9-13H,3-8,21H2,1-2H3,(H2,22,28)(H2,23,29)(H2,24,30)(H,25,31)(H,26,33)(H,27,32)(H,34,35). The van der Waals surface area contributed by atoms with Crippen LogP contribution in [0.1, 0.15) is 52.4 Å². The van der Waals surface area contributed by atoms with Gasteiger partial charge in [-0.2, -0.15) is 0 Å². The Morgan fingerprint density at radius 3 is 1.54 bits per heavy atom. The molecule has 35 heavy (non-hydrogen) atoms. The Kier molecular flexibility index (Phi) is 13.6. The van der Waals surface area contributed by atoms with Crippen LogP contribution in [0.15, 0.2) is 0 Å². The summed E-state index contributed by atoms with van der Waals surface area (Å²) in [5.41, 5.74) is 21.1. The molecule has 0 bridgehead atoms. The molecule has 0 spiro atoms. The highest BCUT2D eigenvalue weighted by molar-refractivity contribution is 5.96. The van der Waals surface area contributed by atoms with Crippen LogP contribution >= 0.6 is 0 Å². The SMILES string of the molecule is CC(C)CC(N)C(=O)NC(CCC(N)=O)C(=O)NC(CC(N)=O)C(=O)NC(CCC(N)=O)C(=O)O. The molecule has 0 rings (SSSR count). The van der Waals surface area contributed by atoms with E-state index < -0.39 is 72.0 Å². The molecule has 15 nitrogen and oxygen atoms in total. The molecule has 0 saturated carbocycles. The Morgan fingerprint density at radius 2 is 1.11 bits per heavy atom. The van der Waals surface area contributed by atoms with Gasteiger partial charge in [-0.05, 0) is 25.2 Å². The number of hydrogen-bond acceptors (Lipinski definition) is 8. The normalized spacial score (nSPS) is 14.2. The van der Waals surface area contributed by atoms with Gasteiger partial charge in [0.05, 0.1) is 12.5 Å². The first kappa shape index (κ1) is 31.2. The first-order chi connectivity index (χ1) is 16.1. The topological polar surface area (TPSA) is 280 Å². The lowest BCUT2D eigenvalue weighted by Crippen LogP contribution is -2.58. The van der Waals surface area contributed by atoms with Gasteiger partial charge in [0.15, 0.2) is 0 Å². The number of amides is 6. The minimum Gasteiger partial charge on any atom is -0.480 e. The lowest BCUT2D eigenvalue weighted by Gasteiger charge is -2.25. The van der Waals surface area contributed by atoms with E-state index in [-0.39, 0.29) is 31.6 Å². The van der Waals surface area contributed by atoms with Crippen molar-refractivity contribution in [3.05, 3.63) is 0 Å². The molecule has 0 aromatic carbocycles. The average Bonchev–Trinajstić information content (AvgIpc) is 2.71. The first-order valence-corrected chi connectivity index (χ1v) is 10.9. The molecular formula is C20H35N7O8. The highest BCUT2D eigenvalue weighted by atomic mass is 16.4. The number of carbonyl (C=O) groups is 7. The van der Waals surface area contributed by atoms with Crippen molar-refractivity contribution in [2.75, 3.05) is 0 Å².